The Balaban J connectivity index is 3.19. The van der Waals surface area contributed by atoms with E-state index in [4.69, 9.17) is 15.2 Å². The van der Waals surface area contributed by atoms with Gasteiger partial charge in [0.05, 0.1) is 17.3 Å². The number of hydrogen-bond donors (Lipinski definition) is 2. The molecular weight excluding hydrogens is 422 g/mol. The highest BCUT2D eigenvalue weighted by Gasteiger charge is 2.16. The Morgan fingerprint density at radius 2 is 2.19 bits per heavy atom. The van der Waals surface area contributed by atoms with E-state index < -0.39 is 0 Å². The molecule has 1 rings (SSSR count). The third-order valence-corrected chi connectivity index (χ3v) is 4.41. The minimum atomic E-state index is 0.0948. The van der Waals surface area contributed by atoms with Crippen molar-refractivity contribution in [1.29, 1.82) is 0 Å². The minimum absolute atomic E-state index is 0.0948. The number of rotatable bonds is 7. The number of nitrogens with two attached hydrogens (primary N) is 1. The summed E-state index contributed by atoms with van der Waals surface area (Å²) < 4.78 is 12.7. The number of nitrogens with one attached hydrogen (secondary N) is 1. The van der Waals surface area contributed by atoms with Gasteiger partial charge in [-0.3, -0.25) is 5.43 Å². The summed E-state index contributed by atoms with van der Waals surface area (Å²) in [6.45, 7) is 6.42. The Bertz CT molecular complexity index is 565. The summed E-state index contributed by atoms with van der Waals surface area (Å²) in [5.41, 5.74) is 8.59. The number of nitrogens with zero attached hydrogens (tertiary/aromatic N) is 1. The Hall–Kier alpha value is -1.12. The van der Waals surface area contributed by atoms with Crippen molar-refractivity contribution in [1.82, 2.24) is 5.43 Å². The van der Waals surface area contributed by atoms with Gasteiger partial charge in [-0.2, -0.15) is 5.10 Å². The van der Waals surface area contributed by atoms with Gasteiger partial charge in [-0.25, -0.2) is 0 Å². The lowest BCUT2D eigenvalue weighted by Crippen LogP contribution is -2.24. The predicted molar refractivity (Wildman–Crippen MR) is 96.2 cm³/mol. The van der Waals surface area contributed by atoms with Crippen LogP contribution in [0.5, 0.6) is 11.5 Å². The molecule has 0 amide bonds. The largest absolute Gasteiger partial charge is 0.490 e. The SMILES string of the molecule is C=CCOc1c(OCC)cc(C=NNC(N)=S)c(Br)c1Br. The van der Waals surface area contributed by atoms with Crippen molar-refractivity contribution in [3.8, 4) is 11.5 Å². The fourth-order valence-corrected chi connectivity index (χ4v) is 2.39. The zero-order valence-electron chi connectivity index (χ0n) is 11.4. The maximum atomic E-state index is 5.63. The van der Waals surface area contributed by atoms with E-state index in [2.05, 4.69) is 61.2 Å². The first kappa shape index (κ1) is 17.9. The van der Waals surface area contributed by atoms with Crippen LogP contribution in [0.15, 0.2) is 32.8 Å². The van der Waals surface area contributed by atoms with Gasteiger partial charge in [0.1, 0.15) is 6.61 Å². The molecule has 0 unspecified atom stereocenters. The van der Waals surface area contributed by atoms with Crippen molar-refractivity contribution in [3.05, 3.63) is 33.2 Å². The first-order chi connectivity index (χ1) is 10.0. The maximum absolute atomic E-state index is 5.63. The molecular formula is C13H15Br2N3O2S. The van der Waals surface area contributed by atoms with Crippen LogP contribution in [0.2, 0.25) is 0 Å². The fourth-order valence-electron chi connectivity index (χ4n) is 1.40. The Morgan fingerprint density at radius 3 is 2.76 bits per heavy atom. The average Bonchev–Trinajstić information content (AvgIpc) is 2.43. The topological polar surface area (TPSA) is 68.9 Å². The molecule has 0 saturated heterocycles. The summed E-state index contributed by atoms with van der Waals surface area (Å²) in [5, 5.41) is 4.03. The van der Waals surface area contributed by atoms with Crippen LogP contribution in [0.1, 0.15) is 12.5 Å². The molecule has 0 aliphatic heterocycles. The number of ether oxygens (including phenoxy) is 2. The second kappa shape index (κ2) is 9.01. The van der Waals surface area contributed by atoms with E-state index >= 15 is 0 Å². The molecule has 0 aliphatic rings. The standard InChI is InChI=1S/C13H15Br2N3O2S/c1-3-5-20-12-9(19-4-2)6-8(10(14)11(12)15)7-17-18-13(16)21/h3,6-7H,1,4-5H2,2H3,(H3,16,18,21). The highest BCUT2D eigenvalue weighted by Crippen LogP contribution is 2.42. The second-order valence-electron chi connectivity index (χ2n) is 3.69. The van der Waals surface area contributed by atoms with Crippen LogP contribution in [0, 0.1) is 0 Å². The van der Waals surface area contributed by atoms with Crippen molar-refractivity contribution in [2.24, 2.45) is 10.8 Å². The maximum Gasteiger partial charge on any atom is 0.184 e. The summed E-state index contributed by atoms with van der Waals surface area (Å²) in [5.74, 6) is 1.20. The van der Waals surface area contributed by atoms with Crippen molar-refractivity contribution in [2.75, 3.05) is 13.2 Å². The third-order valence-electron chi connectivity index (χ3n) is 2.18. The molecule has 1 aromatic carbocycles. The van der Waals surface area contributed by atoms with Crippen molar-refractivity contribution >= 4 is 55.4 Å². The molecule has 3 N–H and O–H groups in total. The van der Waals surface area contributed by atoms with Gasteiger partial charge in [-0.15, -0.1) is 0 Å². The molecule has 5 nitrogen and oxygen atoms in total. The van der Waals surface area contributed by atoms with Crippen LogP contribution in [0.3, 0.4) is 0 Å². The van der Waals surface area contributed by atoms with E-state index in [1.807, 2.05) is 13.0 Å². The molecule has 0 spiro atoms. The zero-order chi connectivity index (χ0) is 15.8. The Morgan fingerprint density at radius 1 is 1.48 bits per heavy atom. The molecule has 0 bridgehead atoms. The number of hydrazone groups is 1. The Kier molecular flexibility index (Phi) is 7.69. The predicted octanol–water partition coefficient (Wildman–Crippen LogP) is 3.34. The molecule has 8 heteroatoms. The van der Waals surface area contributed by atoms with E-state index in [9.17, 15) is 0 Å². The fraction of sp³-hybridized carbons (Fsp3) is 0.231. The smallest absolute Gasteiger partial charge is 0.184 e. The molecule has 1 aromatic rings. The van der Waals surface area contributed by atoms with Crippen LogP contribution in [-0.4, -0.2) is 24.5 Å². The number of benzene rings is 1. The van der Waals surface area contributed by atoms with Crippen molar-refractivity contribution < 1.29 is 9.47 Å². The summed E-state index contributed by atoms with van der Waals surface area (Å²) in [6.07, 6.45) is 3.24. The van der Waals surface area contributed by atoms with Gasteiger partial charge in [-0.1, -0.05) is 12.7 Å². The van der Waals surface area contributed by atoms with E-state index in [-0.39, 0.29) is 5.11 Å². The average molecular weight is 437 g/mol. The minimum Gasteiger partial charge on any atom is -0.490 e. The molecule has 0 aromatic heterocycles. The van der Waals surface area contributed by atoms with Gasteiger partial charge in [0, 0.05) is 10.0 Å². The molecule has 0 saturated carbocycles. The lowest BCUT2D eigenvalue weighted by molar-refractivity contribution is 0.295. The van der Waals surface area contributed by atoms with Crippen LogP contribution in [0.4, 0.5) is 0 Å². The number of hydrogen-bond acceptors (Lipinski definition) is 4. The summed E-state index contributed by atoms with van der Waals surface area (Å²) in [7, 11) is 0. The monoisotopic (exact) mass is 435 g/mol. The first-order valence-corrected chi connectivity index (χ1v) is 7.97. The van der Waals surface area contributed by atoms with Gasteiger partial charge >= 0.3 is 0 Å². The highest BCUT2D eigenvalue weighted by molar-refractivity contribution is 9.13. The number of halogens is 2. The van der Waals surface area contributed by atoms with E-state index in [1.165, 1.54) is 0 Å². The molecule has 21 heavy (non-hydrogen) atoms. The second-order valence-corrected chi connectivity index (χ2v) is 5.71. The molecule has 0 atom stereocenters. The van der Waals surface area contributed by atoms with Crippen molar-refractivity contribution in [2.45, 2.75) is 6.92 Å². The third kappa shape index (κ3) is 5.29. The van der Waals surface area contributed by atoms with Gasteiger partial charge in [0.15, 0.2) is 16.6 Å². The molecule has 114 valence electrons. The quantitative estimate of drug-likeness (QED) is 0.297. The lowest BCUT2D eigenvalue weighted by Gasteiger charge is -2.15. The first-order valence-electron chi connectivity index (χ1n) is 5.98. The van der Waals surface area contributed by atoms with E-state index in [0.29, 0.717) is 24.7 Å². The highest BCUT2D eigenvalue weighted by atomic mass is 79.9. The van der Waals surface area contributed by atoms with Gasteiger partial charge in [0.2, 0.25) is 0 Å². The van der Waals surface area contributed by atoms with E-state index in [0.717, 1.165) is 14.5 Å². The van der Waals surface area contributed by atoms with Crippen LogP contribution in [0.25, 0.3) is 0 Å². The number of thiocarbonyl (C=S) groups is 1. The lowest BCUT2D eigenvalue weighted by atomic mass is 10.2. The van der Waals surface area contributed by atoms with Crippen LogP contribution in [-0.2, 0) is 0 Å². The van der Waals surface area contributed by atoms with Crippen molar-refractivity contribution in [3.63, 3.8) is 0 Å². The molecule has 0 fully saturated rings. The van der Waals surface area contributed by atoms with Crippen LogP contribution < -0.4 is 20.6 Å². The van der Waals surface area contributed by atoms with Gasteiger partial charge in [0.25, 0.3) is 0 Å². The zero-order valence-corrected chi connectivity index (χ0v) is 15.3. The van der Waals surface area contributed by atoms with Gasteiger partial charge < -0.3 is 15.2 Å². The summed E-state index contributed by atoms with van der Waals surface area (Å²) in [4.78, 5) is 0. The van der Waals surface area contributed by atoms with Crippen LogP contribution >= 0.6 is 44.1 Å². The van der Waals surface area contributed by atoms with E-state index in [1.54, 1.807) is 12.3 Å². The van der Waals surface area contributed by atoms with Gasteiger partial charge in [-0.05, 0) is 57.1 Å². The molecule has 0 heterocycles. The summed E-state index contributed by atoms with van der Waals surface area (Å²) >= 11 is 11.7. The Labute approximate surface area is 145 Å². The normalized spacial score (nSPS) is 10.4. The summed E-state index contributed by atoms with van der Waals surface area (Å²) in [6, 6.07) is 1.81. The molecule has 0 radical (unpaired) electrons. The molecule has 0 aliphatic carbocycles.